The molecule has 3 unspecified atom stereocenters. The first-order chi connectivity index (χ1) is 22.6. The van der Waals surface area contributed by atoms with Crippen LogP contribution in [-0.2, 0) is 9.73 Å². The highest BCUT2D eigenvalue weighted by Crippen LogP contribution is 2.51. The van der Waals surface area contributed by atoms with Gasteiger partial charge in [0.25, 0.3) is 0 Å². The number of nitrogens with zero attached hydrogens (tertiary/aromatic N) is 2. The molecule has 3 nitrogen and oxygen atoms in total. The van der Waals surface area contributed by atoms with Crippen molar-refractivity contribution in [1.82, 2.24) is 0 Å². The van der Waals surface area contributed by atoms with Crippen molar-refractivity contribution < 1.29 is 4.21 Å². The van der Waals surface area contributed by atoms with Gasteiger partial charge in [-0.25, -0.2) is 4.21 Å². The summed E-state index contributed by atoms with van der Waals surface area (Å²) >= 11 is 5.44. The van der Waals surface area contributed by atoms with Crippen molar-refractivity contribution in [2.24, 2.45) is 4.36 Å². The largest absolute Gasteiger partial charge is 0.332 e. The van der Waals surface area contributed by atoms with E-state index in [0.717, 1.165) is 50.7 Å². The van der Waals surface area contributed by atoms with Gasteiger partial charge in [-0.05, 0) is 70.1 Å². The fourth-order valence-corrected chi connectivity index (χ4v) is 10.0. The monoisotopic (exact) mass is 628 g/mol. The van der Waals surface area contributed by atoms with E-state index in [4.69, 9.17) is 17.0 Å². The van der Waals surface area contributed by atoms with Crippen molar-refractivity contribution >= 4 is 50.6 Å². The Balaban J connectivity index is 1.30. The zero-order valence-corrected chi connectivity index (χ0v) is 26.5. The van der Waals surface area contributed by atoms with Crippen LogP contribution in [0.5, 0.6) is 0 Å². The number of benzene rings is 5. The Labute approximate surface area is 274 Å². The summed E-state index contributed by atoms with van der Waals surface area (Å²) in [7, 11) is -2.89. The van der Waals surface area contributed by atoms with E-state index in [0.29, 0.717) is 4.90 Å². The first kappa shape index (κ1) is 27.3. The molecule has 2 aliphatic carbocycles. The number of fused-ring (bicyclic) bond motifs is 7. The second kappa shape index (κ2) is 10.5. The highest BCUT2D eigenvalue weighted by atomic mass is 32.2. The van der Waals surface area contributed by atoms with Crippen molar-refractivity contribution in [1.29, 1.82) is 0 Å². The van der Waals surface area contributed by atoms with Gasteiger partial charge in [-0.1, -0.05) is 103 Å². The number of rotatable bonds is 3. The van der Waals surface area contributed by atoms with Crippen LogP contribution in [0.15, 0.2) is 159 Å². The second-order valence-corrected chi connectivity index (χ2v) is 14.5. The van der Waals surface area contributed by atoms with Crippen molar-refractivity contribution in [3.8, 4) is 23.0 Å². The van der Waals surface area contributed by atoms with Crippen molar-refractivity contribution in [3.05, 3.63) is 161 Å². The number of thiol groups is 1. The number of hydrogen-bond acceptors (Lipinski definition) is 4. The summed E-state index contributed by atoms with van der Waals surface area (Å²) in [6.07, 6.45) is 7.06. The molecule has 3 atom stereocenters. The van der Waals surface area contributed by atoms with Gasteiger partial charge in [0.1, 0.15) is 9.73 Å². The Hall–Kier alpha value is -5.02. The molecule has 0 fully saturated rings. The molecule has 0 radical (unpaired) electrons. The van der Waals surface area contributed by atoms with Gasteiger partial charge in [0.2, 0.25) is 0 Å². The summed E-state index contributed by atoms with van der Waals surface area (Å²) in [6.45, 7) is 0. The van der Waals surface area contributed by atoms with Crippen LogP contribution in [0, 0.1) is 11.8 Å². The van der Waals surface area contributed by atoms with Crippen LogP contribution in [0.4, 0.5) is 17.1 Å². The molecule has 5 aromatic carbocycles. The van der Waals surface area contributed by atoms with Gasteiger partial charge < -0.3 is 4.90 Å². The average Bonchev–Trinajstić information content (AvgIpc) is 3.23. The lowest BCUT2D eigenvalue weighted by molar-refractivity contribution is 0.676. The lowest BCUT2D eigenvalue weighted by atomic mass is 9.84. The summed E-state index contributed by atoms with van der Waals surface area (Å²) in [5.74, 6) is 6.76. The molecule has 0 aromatic heterocycles. The third-order valence-electron chi connectivity index (χ3n) is 9.29. The van der Waals surface area contributed by atoms with Gasteiger partial charge >= 0.3 is 0 Å². The molecule has 4 aliphatic rings. The molecule has 0 saturated carbocycles. The van der Waals surface area contributed by atoms with E-state index in [-0.39, 0.29) is 11.3 Å². The maximum absolute atomic E-state index is 14.9. The second-order valence-electron chi connectivity index (χ2n) is 11.8. The molecule has 5 aromatic rings. The SMILES string of the molecule is O=S1(c2ccccc2)=Nc2ccccc2-c2cc(N3c4ccccc4C4=c5ccccc5=C(C5=CC=CCC#C5)C(S)C43)ccc21. The quantitative estimate of drug-likeness (QED) is 0.159. The Morgan fingerprint density at radius 1 is 0.761 bits per heavy atom. The molecule has 9 rings (SSSR count). The van der Waals surface area contributed by atoms with Crippen LogP contribution in [-0.4, -0.2) is 15.5 Å². The van der Waals surface area contributed by atoms with Gasteiger partial charge in [0, 0.05) is 40.1 Å². The average molecular weight is 629 g/mol. The smallest absolute Gasteiger partial charge is 0.109 e. The van der Waals surface area contributed by atoms with E-state index in [2.05, 4.69) is 102 Å². The minimum atomic E-state index is -2.89. The Morgan fingerprint density at radius 2 is 1.48 bits per heavy atom. The Kier molecular flexibility index (Phi) is 6.25. The molecule has 0 spiro atoms. The highest BCUT2D eigenvalue weighted by molar-refractivity contribution is 7.94. The molecule has 0 bridgehead atoms. The molecule has 0 saturated heterocycles. The van der Waals surface area contributed by atoms with E-state index in [1.54, 1.807) is 0 Å². The summed E-state index contributed by atoms with van der Waals surface area (Å²) in [4.78, 5) is 3.89. The molecule has 2 heterocycles. The van der Waals surface area contributed by atoms with Gasteiger partial charge in [0.15, 0.2) is 0 Å². The Morgan fingerprint density at radius 3 is 2.33 bits per heavy atom. The molecule has 0 amide bonds. The molecular formula is C41H28N2OS2. The molecule has 46 heavy (non-hydrogen) atoms. The first-order valence-electron chi connectivity index (χ1n) is 15.5. The van der Waals surface area contributed by atoms with Gasteiger partial charge in [0.05, 0.1) is 26.8 Å². The van der Waals surface area contributed by atoms with Crippen LogP contribution < -0.4 is 15.3 Å². The number of para-hydroxylation sites is 1. The maximum atomic E-state index is 14.9. The number of hydrogen-bond donors (Lipinski definition) is 1. The number of allylic oxidation sites excluding steroid dienone is 4. The van der Waals surface area contributed by atoms with E-state index < -0.39 is 9.73 Å². The summed E-state index contributed by atoms with van der Waals surface area (Å²) in [6, 6.07) is 41.2. The molecule has 220 valence electrons. The van der Waals surface area contributed by atoms with Crippen molar-refractivity contribution in [2.75, 3.05) is 4.90 Å². The van der Waals surface area contributed by atoms with Gasteiger partial charge in [-0.3, -0.25) is 0 Å². The normalized spacial score (nSPS) is 21.8. The molecule has 2 aliphatic heterocycles. The predicted octanol–water partition coefficient (Wildman–Crippen LogP) is 7.96. The third kappa shape index (κ3) is 3.97. The minimum absolute atomic E-state index is 0.0828. The van der Waals surface area contributed by atoms with Crippen LogP contribution in [0.3, 0.4) is 0 Å². The molecular weight excluding hydrogens is 601 g/mol. The van der Waals surface area contributed by atoms with Crippen LogP contribution in [0.25, 0.3) is 22.3 Å². The zero-order chi connectivity index (χ0) is 30.8. The summed E-state index contributed by atoms with van der Waals surface area (Å²) < 4.78 is 19.8. The lowest BCUT2D eigenvalue weighted by Crippen LogP contribution is -2.47. The van der Waals surface area contributed by atoms with Gasteiger partial charge in [-0.15, -0.1) is 0 Å². The number of anilines is 2. The topological polar surface area (TPSA) is 32.7 Å². The fraction of sp³-hybridized carbons (Fsp3) is 0.0732. The van der Waals surface area contributed by atoms with Crippen LogP contribution in [0.1, 0.15) is 12.0 Å². The van der Waals surface area contributed by atoms with E-state index in [1.165, 1.54) is 21.6 Å². The lowest BCUT2D eigenvalue weighted by Gasteiger charge is -2.36. The van der Waals surface area contributed by atoms with Crippen molar-refractivity contribution in [3.63, 3.8) is 0 Å². The molecule has 5 heteroatoms. The van der Waals surface area contributed by atoms with Crippen LogP contribution >= 0.6 is 12.6 Å². The standard InChI is InChI=1S/C41H28N2OS2/c44-46(29-16-6-3-7-17-29)37-25-24-28(26-34(37)30-18-10-12-22-35(30)42-46)43-36-23-13-11-21-33(36)39-32-20-9-8-19-31(32)38(41(45)40(39)43)27-14-4-1-2-5-15-27/h1,3-4,6-14,16-26,40-41,45H,2H2. The van der Waals surface area contributed by atoms with E-state index >= 15 is 0 Å². The Bertz CT molecular complexity index is 2490. The van der Waals surface area contributed by atoms with Crippen LogP contribution in [0.2, 0.25) is 0 Å². The van der Waals surface area contributed by atoms with E-state index in [1.807, 2.05) is 54.6 Å². The third-order valence-corrected chi connectivity index (χ3v) is 12.1. The zero-order valence-electron chi connectivity index (χ0n) is 24.8. The summed E-state index contributed by atoms with van der Waals surface area (Å²) in [5, 5.41) is 2.24. The fourth-order valence-electron chi connectivity index (χ4n) is 7.34. The van der Waals surface area contributed by atoms with Gasteiger partial charge in [-0.2, -0.15) is 17.0 Å². The molecule has 0 N–H and O–H groups in total. The minimum Gasteiger partial charge on any atom is -0.332 e. The van der Waals surface area contributed by atoms with Crippen molar-refractivity contribution in [2.45, 2.75) is 27.5 Å². The van der Waals surface area contributed by atoms with E-state index in [9.17, 15) is 4.21 Å². The maximum Gasteiger partial charge on any atom is 0.109 e. The predicted molar refractivity (Wildman–Crippen MR) is 191 cm³/mol. The first-order valence-corrected chi connectivity index (χ1v) is 17.5. The summed E-state index contributed by atoms with van der Waals surface area (Å²) in [5.41, 5.74) is 9.48. The highest BCUT2D eigenvalue weighted by Gasteiger charge is 2.43.